The second-order valence-electron chi connectivity index (χ2n) is 7.47. The van der Waals surface area contributed by atoms with E-state index >= 15 is 0 Å². The van der Waals surface area contributed by atoms with Crippen LogP contribution in [0.2, 0.25) is 0 Å². The zero-order valence-corrected chi connectivity index (χ0v) is 18.5. The standard InChI is InChI=1S/C22H21BrN4O5/c23-15-6-7-16-19(20(15)32-12-13-4-2-1-3-5-13)26-18(11-24-16)25-14-8-9-27(22(30)31)17(10-14)21(28)29/h1-7,11,14,17H,8-10,12H2,(H,25,26)(H,28,29)(H,30,31)/t14-,17-/m0/s1. The Balaban J connectivity index is 1.55. The van der Waals surface area contributed by atoms with Crippen molar-refractivity contribution in [3.63, 3.8) is 0 Å². The molecule has 1 saturated heterocycles. The van der Waals surface area contributed by atoms with Crippen molar-refractivity contribution >= 4 is 44.8 Å². The van der Waals surface area contributed by atoms with Crippen molar-refractivity contribution < 1.29 is 24.5 Å². The highest BCUT2D eigenvalue weighted by Gasteiger charge is 2.36. The Bertz CT molecular complexity index is 1140. The molecule has 1 aromatic heterocycles. The normalized spacial score (nSPS) is 18.3. The Hall–Kier alpha value is -3.40. The van der Waals surface area contributed by atoms with E-state index in [0.717, 1.165) is 14.9 Å². The van der Waals surface area contributed by atoms with Gasteiger partial charge >= 0.3 is 12.1 Å². The van der Waals surface area contributed by atoms with E-state index < -0.39 is 18.1 Å². The van der Waals surface area contributed by atoms with Gasteiger partial charge in [0, 0.05) is 12.6 Å². The monoisotopic (exact) mass is 500 g/mol. The fraction of sp³-hybridized carbons (Fsp3) is 0.273. The molecule has 10 heteroatoms. The summed E-state index contributed by atoms with van der Waals surface area (Å²) < 4.78 is 6.79. The third-order valence-electron chi connectivity index (χ3n) is 5.33. The Morgan fingerprint density at radius 2 is 1.97 bits per heavy atom. The molecule has 0 aliphatic carbocycles. The molecular formula is C22H21BrN4O5. The minimum atomic E-state index is -1.23. The minimum Gasteiger partial charge on any atom is -0.485 e. The van der Waals surface area contributed by atoms with Crippen molar-refractivity contribution in [3.8, 4) is 5.75 Å². The molecule has 1 fully saturated rings. The van der Waals surface area contributed by atoms with E-state index in [1.165, 1.54) is 0 Å². The lowest BCUT2D eigenvalue weighted by molar-refractivity contribution is -0.143. The molecule has 3 aromatic rings. The number of hydrogen-bond acceptors (Lipinski definition) is 6. The van der Waals surface area contributed by atoms with E-state index in [0.29, 0.717) is 35.6 Å². The number of carboxylic acids is 1. The quantitative estimate of drug-likeness (QED) is 0.464. The first-order chi connectivity index (χ1) is 15.4. The Morgan fingerprint density at radius 1 is 1.19 bits per heavy atom. The summed E-state index contributed by atoms with van der Waals surface area (Å²) in [6.07, 6.45) is 0.950. The average molecular weight is 501 g/mol. The maximum absolute atomic E-state index is 11.5. The zero-order chi connectivity index (χ0) is 22.7. The fourth-order valence-corrected chi connectivity index (χ4v) is 4.17. The van der Waals surface area contributed by atoms with Crippen LogP contribution < -0.4 is 10.1 Å². The average Bonchev–Trinajstić information content (AvgIpc) is 2.79. The molecule has 166 valence electrons. The molecule has 1 amide bonds. The van der Waals surface area contributed by atoms with Crippen molar-refractivity contribution in [3.05, 3.63) is 58.7 Å². The molecule has 0 bridgehead atoms. The number of benzene rings is 2. The number of likely N-dealkylation sites (tertiary alicyclic amines) is 1. The summed E-state index contributed by atoms with van der Waals surface area (Å²) in [5.74, 6) is -0.131. The molecule has 32 heavy (non-hydrogen) atoms. The summed E-state index contributed by atoms with van der Waals surface area (Å²) >= 11 is 3.52. The molecule has 0 unspecified atom stereocenters. The summed E-state index contributed by atoms with van der Waals surface area (Å²) in [7, 11) is 0. The Morgan fingerprint density at radius 3 is 2.69 bits per heavy atom. The van der Waals surface area contributed by atoms with Gasteiger partial charge in [0.2, 0.25) is 0 Å². The third kappa shape index (κ3) is 4.75. The highest BCUT2D eigenvalue weighted by Crippen LogP contribution is 2.33. The van der Waals surface area contributed by atoms with Gasteiger partial charge in [0.15, 0.2) is 5.75 Å². The van der Waals surface area contributed by atoms with E-state index in [1.807, 2.05) is 42.5 Å². The first-order valence-electron chi connectivity index (χ1n) is 10.0. The lowest BCUT2D eigenvalue weighted by Crippen LogP contribution is -2.52. The van der Waals surface area contributed by atoms with Crippen molar-refractivity contribution in [1.82, 2.24) is 14.9 Å². The number of nitrogens with one attached hydrogen (secondary N) is 1. The van der Waals surface area contributed by atoms with Gasteiger partial charge in [-0.25, -0.2) is 14.6 Å². The van der Waals surface area contributed by atoms with Crippen LogP contribution in [0, 0.1) is 0 Å². The highest BCUT2D eigenvalue weighted by molar-refractivity contribution is 9.10. The number of aromatic nitrogens is 2. The van der Waals surface area contributed by atoms with Gasteiger partial charge in [0.25, 0.3) is 0 Å². The van der Waals surface area contributed by atoms with Gasteiger partial charge < -0.3 is 20.3 Å². The number of hydrogen-bond donors (Lipinski definition) is 3. The lowest BCUT2D eigenvalue weighted by Gasteiger charge is -2.35. The van der Waals surface area contributed by atoms with Gasteiger partial charge in [-0.2, -0.15) is 0 Å². The van der Waals surface area contributed by atoms with Gasteiger partial charge in [-0.1, -0.05) is 30.3 Å². The molecule has 1 aliphatic heterocycles. The largest absolute Gasteiger partial charge is 0.485 e. The summed E-state index contributed by atoms with van der Waals surface area (Å²) in [6, 6.07) is 12.1. The number of rotatable bonds is 6. The molecule has 0 saturated carbocycles. The second-order valence-corrected chi connectivity index (χ2v) is 8.32. The minimum absolute atomic E-state index is 0.127. The summed E-state index contributed by atoms with van der Waals surface area (Å²) in [6.45, 7) is 0.494. The third-order valence-corrected chi connectivity index (χ3v) is 5.96. The van der Waals surface area contributed by atoms with Crippen LogP contribution in [0.3, 0.4) is 0 Å². The number of ether oxygens (including phenoxy) is 1. The second kappa shape index (κ2) is 9.39. The van der Waals surface area contributed by atoms with Gasteiger partial charge in [-0.05, 0) is 46.5 Å². The van der Waals surface area contributed by atoms with Crippen molar-refractivity contribution in [1.29, 1.82) is 0 Å². The first kappa shape index (κ1) is 21.8. The van der Waals surface area contributed by atoms with Crippen LogP contribution in [0.15, 0.2) is 53.1 Å². The van der Waals surface area contributed by atoms with Crippen LogP contribution in [0.4, 0.5) is 10.6 Å². The Labute approximate surface area is 192 Å². The molecule has 3 N–H and O–H groups in total. The molecule has 9 nitrogen and oxygen atoms in total. The van der Waals surface area contributed by atoms with Gasteiger partial charge in [0.05, 0.1) is 16.2 Å². The predicted molar refractivity (Wildman–Crippen MR) is 121 cm³/mol. The number of carbonyl (C=O) groups is 2. The molecular weight excluding hydrogens is 480 g/mol. The van der Waals surface area contributed by atoms with Crippen LogP contribution in [-0.4, -0.2) is 55.8 Å². The van der Waals surface area contributed by atoms with Crippen LogP contribution in [0.1, 0.15) is 18.4 Å². The smallest absolute Gasteiger partial charge is 0.408 e. The maximum atomic E-state index is 11.5. The van der Waals surface area contributed by atoms with Crippen molar-refractivity contribution in [2.45, 2.75) is 31.5 Å². The van der Waals surface area contributed by atoms with Crippen LogP contribution >= 0.6 is 15.9 Å². The zero-order valence-electron chi connectivity index (χ0n) is 16.9. The van der Waals surface area contributed by atoms with Gasteiger partial charge in [-0.3, -0.25) is 9.88 Å². The lowest BCUT2D eigenvalue weighted by atomic mass is 9.97. The van der Waals surface area contributed by atoms with Crippen molar-refractivity contribution in [2.75, 3.05) is 11.9 Å². The number of fused-ring (bicyclic) bond motifs is 1. The number of halogens is 1. The van der Waals surface area contributed by atoms with E-state index in [4.69, 9.17) is 4.74 Å². The molecule has 0 spiro atoms. The molecule has 1 aliphatic rings. The number of nitrogens with zero attached hydrogens (tertiary/aromatic N) is 3. The van der Waals surface area contributed by atoms with E-state index in [2.05, 4.69) is 31.2 Å². The predicted octanol–water partition coefficient (Wildman–Crippen LogP) is 3.98. The molecule has 2 atom stereocenters. The molecule has 4 rings (SSSR count). The van der Waals surface area contributed by atoms with Crippen LogP contribution in [0.25, 0.3) is 11.0 Å². The number of anilines is 1. The van der Waals surface area contributed by atoms with E-state index in [9.17, 15) is 19.8 Å². The van der Waals surface area contributed by atoms with Crippen molar-refractivity contribution in [2.24, 2.45) is 0 Å². The number of aliphatic carboxylic acids is 1. The van der Waals surface area contributed by atoms with Crippen LogP contribution in [0.5, 0.6) is 5.75 Å². The SMILES string of the molecule is O=C(O)[C@@H]1C[C@@H](Nc2cnc3ccc(Br)c(OCc4ccccc4)c3n2)CCN1C(=O)O. The van der Waals surface area contributed by atoms with E-state index in [1.54, 1.807) is 6.20 Å². The first-order valence-corrected chi connectivity index (χ1v) is 10.8. The highest BCUT2D eigenvalue weighted by atomic mass is 79.9. The molecule has 2 heterocycles. The molecule has 0 radical (unpaired) electrons. The van der Waals surface area contributed by atoms with E-state index in [-0.39, 0.29) is 19.0 Å². The molecule has 2 aromatic carbocycles. The van der Waals surface area contributed by atoms with Gasteiger partial charge in [0.1, 0.15) is 24.0 Å². The Kier molecular flexibility index (Phi) is 6.40. The number of carboxylic acid groups (broad SMARTS) is 2. The number of piperidine rings is 1. The van der Waals surface area contributed by atoms with Gasteiger partial charge in [-0.15, -0.1) is 0 Å². The summed E-state index contributed by atoms with van der Waals surface area (Å²) in [5.41, 5.74) is 2.24. The fourth-order valence-electron chi connectivity index (χ4n) is 3.73. The topological polar surface area (TPSA) is 125 Å². The maximum Gasteiger partial charge on any atom is 0.408 e. The summed E-state index contributed by atoms with van der Waals surface area (Å²) in [4.78, 5) is 32.9. The van der Waals surface area contributed by atoms with Crippen LogP contribution in [-0.2, 0) is 11.4 Å². The summed E-state index contributed by atoms with van der Waals surface area (Å²) in [5, 5.41) is 21.9. The number of amides is 1.